The molecule has 5 heteroatoms. The maximum atomic E-state index is 11.1. The monoisotopic (exact) mass is 538 g/mol. The van der Waals surface area contributed by atoms with Crippen LogP contribution >= 0.6 is 0 Å². The third-order valence-electron chi connectivity index (χ3n) is 7.23. The number of carbonyl (C=O) groups is 1. The van der Waals surface area contributed by atoms with Crippen molar-refractivity contribution >= 4 is 5.78 Å². The second kappa shape index (κ2) is 17.6. The zero-order chi connectivity index (χ0) is 29.5. The van der Waals surface area contributed by atoms with E-state index >= 15 is 0 Å². The normalized spacial score (nSPS) is 16.9. The number of Topliss-reactive ketones (excluding diaryl/α,β-unsaturated/α-hetero) is 1. The lowest BCUT2D eigenvalue weighted by atomic mass is 10.0. The molecule has 2 fully saturated rings. The third kappa shape index (κ3) is 15.3. The van der Waals surface area contributed by atoms with Gasteiger partial charge in [0.25, 0.3) is 0 Å². The molecule has 2 saturated heterocycles. The molecule has 4 heterocycles. The van der Waals surface area contributed by atoms with Crippen molar-refractivity contribution in [2.45, 2.75) is 124 Å². The number of pyridine rings is 2. The second-order valence-electron chi connectivity index (χ2n) is 13.3. The Hall–Kier alpha value is -2.11. The van der Waals surface area contributed by atoms with E-state index in [1.165, 1.54) is 43.5 Å². The van der Waals surface area contributed by atoms with E-state index < -0.39 is 0 Å². The number of likely N-dealkylation sites (tertiary alicyclic amines) is 2. The van der Waals surface area contributed by atoms with Crippen molar-refractivity contribution in [2.24, 2.45) is 0 Å². The van der Waals surface area contributed by atoms with Crippen molar-refractivity contribution in [1.82, 2.24) is 19.8 Å². The average Bonchev–Trinajstić information content (AvgIpc) is 2.90. The van der Waals surface area contributed by atoms with E-state index in [1.807, 2.05) is 36.8 Å². The van der Waals surface area contributed by atoms with Crippen LogP contribution in [0.4, 0.5) is 0 Å². The summed E-state index contributed by atoms with van der Waals surface area (Å²) in [6.45, 7) is 26.4. The summed E-state index contributed by atoms with van der Waals surface area (Å²) in [5.41, 5.74) is 3.22. The highest BCUT2D eigenvalue weighted by Crippen LogP contribution is 2.19. The van der Waals surface area contributed by atoms with Gasteiger partial charge in [-0.2, -0.15) is 0 Å². The number of carbonyl (C=O) groups excluding carboxylic acids is 1. The molecule has 2 aromatic heterocycles. The van der Waals surface area contributed by atoms with E-state index in [0.29, 0.717) is 29.7 Å². The van der Waals surface area contributed by atoms with Gasteiger partial charge in [0.15, 0.2) is 0 Å². The zero-order valence-corrected chi connectivity index (χ0v) is 26.8. The Bertz CT molecular complexity index is 849. The van der Waals surface area contributed by atoms with Gasteiger partial charge in [-0.05, 0) is 122 Å². The number of nitrogens with zero attached hydrogens (tertiary/aromatic N) is 4. The van der Waals surface area contributed by atoms with E-state index in [1.54, 1.807) is 6.20 Å². The fraction of sp³-hybridized carbons (Fsp3) is 0.676. The molecular weight excluding hydrogens is 480 g/mol. The summed E-state index contributed by atoms with van der Waals surface area (Å²) in [4.78, 5) is 23.8. The summed E-state index contributed by atoms with van der Waals surface area (Å²) in [6.07, 6.45) is 13.4. The van der Waals surface area contributed by atoms with Gasteiger partial charge in [0.05, 0.1) is 6.54 Å². The van der Waals surface area contributed by atoms with E-state index in [0.717, 1.165) is 19.4 Å². The summed E-state index contributed by atoms with van der Waals surface area (Å²) < 4.78 is 0. The number of hydrogen-bond donors (Lipinski definition) is 0. The van der Waals surface area contributed by atoms with Crippen molar-refractivity contribution in [3.05, 3.63) is 60.2 Å². The minimum atomic E-state index is 0.163. The Balaban J connectivity index is 0.000000261. The quantitative estimate of drug-likeness (QED) is 0.386. The fourth-order valence-corrected chi connectivity index (χ4v) is 4.44. The van der Waals surface area contributed by atoms with Gasteiger partial charge in [-0.25, -0.2) is 0 Å². The molecule has 5 nitrogen and oxygen atoms in total. The Morgan fingerprint density at radius 3 is 1.54 bits per heavy atom. The predicted molar refractivity (Wildman–Crippen MR) is 167 cm³/mol. The standard InChI is InChI=1S/C9H17NO.C9H19N.2C8H11N/c1-9(2,3)10-6-4-5-8(11)7-10;1-9(2,3)10-7-5-4-6-8-10;1-7(2)8-3-5-9-6-4-8;1-7(2)8-4-3-5-9-6-8/h4-7H2,1-3H3;4-8H2,1-3H3;2*3-7H,1-2H3. The Kier molecular flexibility index (Phi) is 15.7. The van der Waals surface area contributed by atoms with Crippen LogP contribution in [0, 0.1) is 0 Å². The maximum Gasteiger partial charge on any atom is 0.146 e. The van der Waals surface area contributed by atoms with Crippen molar-refractivity contribution in [2.75, 3.05) is 26.2 Å². The molecule has 2 aliphatic heterocycles. The van der Waals surface area contributed by atoms with Crippen LogP contribution in [0.15, 0.2) is 49.1 Å². The lowest BCUT2D eigenvalue weighted by Gasteiger charge is -2.38. The molecule has 4 rings (SSSR count). The summed E-state index contributed by atoms with van der Waals surface area (Å²) in [7, 11) is 0. The summed E-state index contributed by atoms with van der Waals surface area (Å²) in [6, 6.07) is 8.16. The average molecular weight is 539 g/mol. The molecule has 2 aromatic rings. The van der Waals surface area contributed by atoms with Crippen LogP contribution in [-0.2, 0) is 4.79 Å². The largest absolute Gasteiger partial charge is 0.298 e. The minimum absolute atomic E-state index is 0.163. The Morgan fingerprint density at radius 1 is 0.667 bits per heavy atom. The van der Waals surface area contributed by atoms with Gasteiger partial charge in [-0.3, -0.25) is 24.6 Å². The molecule has 0 aromatic carbocycles. The van der Waals surface area contributed by atoms with Crippen LogP contribution in [0.2, 0.25) is 0 Å². The number of rotatable bonds is 2. The third-order valence-corrected chi connectivity index (χ3v) is 7.23. The topological polar surface area (TPSA) is 49.3 Å². The van der Waals surface area contributed by atoms with Crippen molar-refractivity contribution < 1.29 is 4.79 Å². The highest BCUT2D eigenvalue weighted by molar-refractivity contribution is 5.81. The number of ketones is 1. The molecule has 0 aliphatic carbocycles. The van der Waals surface area contributed by atoms with Crippen LogP contribution in [0.25, 0.3) is 0 Å². The van der Waals surface area contributed by atoms with Crippen molar-refractivity contribution in [3.63, 3.8) is 0 Å². The zero-order valence-electron chi connectivity index (χ0n) is 26.8. The summed E-state index contributed by atoms with van der Waals surface area (Å²) >= 11 is 0. The molecule has 39 heavy (non-hydrogen) atoms. The lowest BCUT2D eigenvalue weighted by molar-refractivity contribution is -0.123. The molecular formula is C34H58N4O. The van der Waals surface area contributed by atoms with Crippen LogP contribution in [0.3, 0.4) is 0 Å². The van der Waals surface area contributed by atoms with Gasteiger partial charge in [0, 0.05) is 42.3 Å². The first-order chi connectivity index (χ1) is 18.2. The second-order valence-corrected chi connectivity index (χ2v) is 13.3. The highest BCUT2D eigenvalue weighted by atomic mass is 16.1. The molecule has 2 aliphatic rings. The molecule has 0 N–H and O–H groups in total. The van der Waals surface area contributed by atoms with Gasteiger partial charge in [-0.1, -0.05) is 40.2 Å². The van der Waals surface area contributed by atoms with Crippen molar-refractivity contribution in [1.29, 1.82) is 0 Å². The Labute approximate surface area is 240 Å². The van der Waals surface area contributed by atoms with Gasteiger partial charge in [0.1, 0.15) is 5.78 Å². The van der Waals surface area contributed by atoms with Crippen LogP contribution in [0.1, 0.15) is 124 Å². The van der Waals surface area contributed by atoms with Crippen molar-refractivity contribution in [3.8, 4) is 0 Å². The molecule has 0 bridgehead atoms. The van der Waals surface area contributed by atoms with E-state index in [-0.39, 0.29) is 5.54 Å². The molecule has 220 valence electrons. The number of hydrogen-bond acceptors (Lipinski definition) is 5. The first-order valence-corrected chi connectivity index (χ1v) is 15.0. The van der Waals surface area contributed by atoms with E-state index in [4.69, 9.17) is 0 Å². The molecule has 0 atom stereocenters. The van der Waals surface area contributed by atoms with E-state index in [9.17, 15) is 4.79 Å². The van der Waals surface area contributed by atoms with Gasteiger partial charge < -0.3 is 0 Å². The van der Waals surface area contributed by atoms with Crippen LogP contribution in [-0.4, -0.2) is 62.8 Å². The summed E-state index contributed by atoms with van der Waals surface area (Å²) in [5, 5.41) is 0. The molecule has 0 amide bonds. The number of piperidine rings is 2. The van der Waals surface area contributed by atoms with Gasteiger partial charge in [0.2, 0.25) is 0 Å². The summed E-state index contributed by atoms with van der Waals surface area (Å²) in [5.74, 6) is 1.61. The molecule has 0 unspecified atom stereocenters. The van der Waals surface area contributed by atoms with E-state index in [2.05, 4.69) is 95.1 Å². The number of aromatic nitrogens is 2. The van der Waals surface area contributed by atoms with Crippen LogP contribution < -0.4 is 0 Å². The SMILES string of the molecule is CC(C)(C)N1CCCC(=O)C1.CC(C)(C)N1CCCCC1.CC(C)c1cccnc1.CC(C)c1ccncc1. The Morgan fingerprint density at radius 2 is 1.21 bits per heavy atom. The first kappa shape index (κ1) is 34.9. The molecule has 0 saturated carbocycles. The van der Waals surface area contributed by atoms with Gasteiger partial charge >= 0.3 is 0 Å². The molecule has 0 spiro atoms. The predicted octanol–water partition coefficient (Wildman–Crippen LogP) is 8.13. The maximum absolute atomic E-state index is 11.1. The lowest BCUT2D eigenvalue weighted by Crippen LogP contribution is -2.47. The van der Waals surface area contributed by atoms with Gasteiger partial charge in [-0.15, -0.1) is 0 Å². The smallest absolute Gasteiger partial charge is 0.146 e. The fourth-order valence-electron chi connectivity index (χ4n) is 4.44. The highest BCUT2D eigenvalue weighted by Gasteiger charge is 2.26. The molecule has 0 radical (unpaired) electrons. The first-order valence-electron chi connectivity index (χ1n) is 15.0. The minimum Gasteiger partial charge on any atom is -0.298 e. The van der Waals surface area contributed by atoms with Crippen LogP contribution in [0.5, 0.6) is 0 Å².